The number of benzene rings is 4. The van der Waals surface area contributed by atoms with Gasteiger partial charge in [0, 0.05) is 16.5 Å². The number of nitrogens with zero attached hydrogens (tertiary/aromatic N) is 1. The van der Waals surface area contributed by atoms with Gasteiger partial charge in [0.1, 0.15) is 0 Å². The summed E-state index contributed by atoms with van der Waals surface area (Å²) in [6.07, 6.45) is 1.01. The van der Waals surface area contributed by atoms with Gasteiger partial charge in [-0.25, -0.2) is 0 Å². The number of hydrogen-bond donors (Lipinski definition) is 0. The van der Waals surface area contributed by atoms with Crippen LogP contribution in [-0.2, 0) is 11.8 Å². The molecule has 0 aliphatic rings. The molecule has 154 valence electrons. The first-order valence-electron chi connectivity index (χ1n) is 11.1. The summed E-state index contributed by atoms with van der Waals surface area (Å²) in [5.74, 6) is 0. The van der Waals surface area contributed by atoms with Crippen molar-refractivity contribution in [2.24, 2.45) is 0 Å². The van der Waals surface area contributed by atoms with E-state index in [1.807, 2.05) is 0 Å². The first-order valence-corrected chi connectivity index (χ1v) is 11.1. The third-order valence-corrected chi connectivity index (χ3v) is 6.51. The molecule has 0 bridgehead atoms. The summed E-state index contributed by atoms with van der Waals surface area (Å²) in [6, 6.07) is 33.6. The molecule has 1 heteroatoms. The molecule has 0 aliphatic carbocycles. The minimum atomic E-state index is 0.0801. The Labute approximate surface area is 185 Å². The van der Waals surface area contributed by atoms with Gasteiger partial charge in [0.05, 0.1) is 11.0 Å². The fourth-order valence-corrected chi connectivity index (χ4v) is 4.72. The summed E-state index contributed by atoms with van der Waals surface area (Å²) in [5.41, 5.74) is 9.18. The van der Waals surface area contributed by atoms with E-state index < -0.39 is 0 Å². The van der Waals surface area contributed by atoms with Gasteiger partial charge in [-0.15, -0.1) is 0 Å². The normalized spacial score (nSPS) is 12.0. The Morgan fingerprint density at radius 3 is 1.97 bits per heavy atom. The van der Waals surface area contributed by atoms with Gasteiger partial charge in [0.15, 0.2) is 0 Å². The molecule has 1 nitrogen and oxygen atoms in total. The standard InChI is InChI=1S/C30H29N/c1-21-9-14-24(15-10-21)30(3,4)20-23-13-18-29-27(19-23)26-7-5-6-8-28(26)31(29)25-16-11-22(2)12-17-25/h5-19H,20H2,1-4H3. The zero-order valence-corrected chi connectivity index (χ0v) is 18.8. The average Bonchev–Trinajstić information content (AvgIpc) is 3.08. The van der Waals surface area contributed by atoms with Crippen molar-refractivity contribution >= 4 is 21.8 Å². The highest BCUT2D eigenvalue weighted by molar-refractivity contribution is 6.09. The summed E-state index contributed by atoms with van der Waals surface area (Å²) >= 11 is 0. The van der Waals surface area contributed by atoms with E-state index in [1.165, 1.54) is 49.7 Å². The largest absolute Gasteiger partial charge is 0.309 e. The maximum Gasteiger partial charge on any atom is 0.0541 e. The highest BCUT2D eigenvalue weighted by atomic mass is 15.0. The van der Waals surface area contributed by atoms with E-state index in [0.29, 0.717) is 0 Å². The lowest BCUT2D eigenvalue weighted by Crippen LogP contribution is -2.20. The Morgan fingerprint density at radius 1 is 0.645 bits per heavy atom. The first kappa shape index (κ1) is 19.6. The van der Waals surface area contributed by atoms with Crippen LogP contribution < -0.4 is 0 Å². The van der Waals surface area contributed by atoms with Crippen LogP contribution in [0, 0.1) is 13.8 Å². The molecule has 0 saturated heterocycles. The quantitative estimate of drug-likeness (QED) is 0.287. The van der Waals surface area contributed by atoms with Crippen molar-refractivity contribution in [3.8, 4) is 5.69 Å². The van der Waals surface area contributed by atoms with Gasteiger partial charge >= 0.3 is 0 Å². The second-order valence-corrected chi connectivity index (χ2v) is 9.47. The highest BCUT2D eigenvalue weighted by Crippen LogP contribution is 2.35. The van der Waals surface area contributed by atoms with Gasteiger partial charge in [0.25, 0.3) is 0 Å². The SMILES string of the molecule is Cc1ccc(-n2c3ccccc3c3cc(CC(C)(C)c4ccc(C)cc4)ccc32)cc1. The van der Waals surface area contributed by atoms with E-state index >= 15 is 0 Å². The Hall–Kier alpha value is -3.32. The van der Waals surface area contributed by atoms with E-state index in [1.54, 1.807) is 0 Å². The minimum Gasteiger partial charge on any atom is -0.309 e. The summed E-state index contributed by atoms with van der Waals surface area (Å²) in [7, 11) is 0. The third kappa shape index (κ3) is 3.55. The van der Waals surface area contributed by atoms with Crippen LogP contribution in [0.25, 0.3) is 27.5 Å². The molecular formula is C30H29N. The van der Waals surface area contributed by atoms with Crippen molar-refractivity contribution in [1.82, 2.24) is 4.57 Å². The average molecular weight is 404 g/mol. The summed E-state index contributed by atoms with van der Waals surface area (Å²) in [5, 5.41) is 2.64. The monoisotopic (exact) mass is 403 g/mol. The fraction of sp³-hybridized carbons (Fsp3) is 0.200. The van der Waals surface area contributed by atoms with Gasteiger partial charge in [-0.3, -0.25) is 0 Å². The van der Waals surface area contributed by atoms with Crippen molar-refractivity contribution < 1.29 is 0 Å². The van der Waals surface area contributed by atoms with Crippen molar-refractivity contribution in [1.29, 1.82) is 0 Å². The first-order chi connectivity index (χ1) is 14.9. The van der Waals surface area contributed by atoms with Gasteiger partial charge in [-0.2, -0.15) is 0 Å². The Bertz CT molecular complexity index is 1370. The van der Waals surface area contributed by atoms with Crippen LogP contribution in [0.4, 0.5) is 0 Å². The molecule has 0 aliphatic heterocycles. The van der Waals surface area contributed by atoms with Gasteiger partial charge in [0.2, 0.25) is 0 Å². The second-order valence-electron chi connectivity index (χ2n) is 9.47. The van der Waals surface area contributed by atoms with Gasteiger partial charge in [-0.1, -0.05) is 85.6 Å². The van der Waals surface area contributed by atoms with Crippen molar-refractivity contribution in [3.05, 3.63) is 113 Å². The minimum absolute atomic E-state index is 0.0801. The molecule has 0 unspecified atom stereocenters. The molecule has 0 atom stereocenters. The smallest absolute Gasteiger partial charge is 0.0541 e. The molecule has 1 heterocycles. The molecule has 31 heavy (non-hydrogen) atoms. The Morgan fingerprint density at radius 2 is 1.26 bits per heavy atom. The summed E-state index contributed by atoms with van der Waals surface area (Å²) in [6.45, 7) is 8.97. The zero-order valence-electron chi connectivity index (χ0n) is 18.8. The van der Waals surface area contributed by atoms with Crippen LogP contribution in [0.1, 0.15) is 36.1 Å². The van der Waals surface area contributed by atoms with Crippen LogP contribution in [0.5, 0.6) is 0 Å². The van der Waals surface area contributed by atoms with Crippen LogP contribution in [0.2, 0.25) is 0 Å². The predicted molar refractivity (Wildman–Crippen MR) is 133 cm³/mol. The second kappa shape index (κ2) is 7.42. The molecule has 5 rings (SSSR count). The predicted octanol–water partition coefficient (Wildman–Crippen LogP) is 7.92. The molecule has 0 radical (unpaired) electrons. The Balaban J connectivity index is 1.63. The van der Waals surface area contributed by atoms with E-state index in [9.17, 15) is 0 Å². The maximum absolute atomic E-state index is 2.40. The number of aryl methyl sites for hydroxylation is 2. The Kier molecular flexibility index (Phi) is 4.70. The molecule has 0 saturated carbocycles. The van der Waals surface area contributed by atoms with Crippen molar-refractivity contribution in [2.45, 2.75) is 39.5 Å². The molecule has 1 aromatic heterocycles. The van der Waals surface area contributed by atoms with Crippen molar-refractivity contribution in [2.75, 3.05) is 0 Å². The lowest BCUT2D eigenvalue weighted by molar-refractivity contribution is 0.522. The molecule has 0 N–H and O–H groups in total. The fourth-order valence-electron chi connectivity index (χ4n) is 4.72. The molecular weight excluding hydrogens is 374 g/mol. The number of aromatic nitrogens is 1. The molecule has 0 amide bonds. The topological polar surface area (TPSA) is 4.93 Å². The van der Waals surface area contributed by atoms with Gasteiger partial charge in [-0.05, 0) is 67.1 Å². The van der Waals surface area contributed by atoms with E-state index in [0.717, 1.165) is 6.42 Å². The lowest BCUT2D eigenvalue weighted by Gasteiger charge is -2.26. The third-order valence-electron chi connectivity index (χ3n) is 6.51. The molecule has 5 aromatic rings. The van der Waals surface area contributed by atoms with E-state index in [4.69, 9.17) is 0 Å². The molecule has 4 aromatic carbocycles. The number of fused-ring (bicyclic) bond motifs is 3. The molecule has 0 fully saturated rings. The summed E-state index contributed by atoms with van der Waals surface area (Å²) < 4.78 is 2.39. The van der Waals surface area contributed by atoms with Crippen molar-refractivity contribution in [3.63, 3.8) is 0 Å². The number of para-hydroxylation sites is 1. The lowest BCUT2D eigenvalue weighted by atomic mass is 9.79. The maximum atomic E-state index is 2.40. The molecule has 0 spiro atoms. The van der Waals surface area contributed by atoms with E-state index in [-0.39, 0.29) is 5.41 Å². The van der Waals surface area contributed by atoms with Crippen LogP contribution in [0.3, 0.4) is 0 Å². The van der Waals surface area contributed by atoms with Crippen LogP contribution >= 0.6 is 0 Å². The zero-order chi connectivity index (χ0) is 21.6. The van der Waals surface area contributed by atoms with Crippen LogP contribution in [0.15, 0.2) is 91.0 Å². The van der Waals surface area contributed by atoms with Gasteiger partial charge < -0.3 is 4.57 Å². The van der Waals surface area contributed by atoms with E-state index in [2.05, 4.69) is 123 Å². The number of rotatable bonds is 4. The van der Waals surface area contributed by atoms with Crippen LogP contribution in [-0.4, -0.2) is 4.57 Å². The highest BCUT2D eigenvalue weighted by Gasteiger charge is 2.22. The number of hydrogen-bond acceptors (Lipinski definition) is 0. The summed E-state index contributed by atoms with van der Waals surface area (Å²) in [4.78, 5) is 0.